The molecule has 25 heavy (non-hydrogen) atoms. The lowest BCUT2D eigenvalue weighted by atomic mass is 10.1. The van der Waals surface area contributed by atoms with Crippen molar-refractivity contribution in [3.05, 3.63) is 65.7 Å². The Kier molecular flexibility index (Phi) is 5.06. The number of likely N-dealkylation sites (N-methyl/N-ethyl adjacent to an activating group) is 1. The maximum absolute atomic E-state index is 12.4. The van der Waals surface area contributed by atoms with E-state index in [-0.39, 0.29) is 17.5 Å². The molecule has 0 saturated carbocycles. The highest BCUT2D eigenvalue weighted by Crippen LogP contribution is 2.22. The van der Waals surface area contributed by atoms with Gasteiger partial charge in [-0.15, -0.1) is 0 Å². The number of hydrogen-bond donors (Lipinski definition) is 0. The molecule has 1 atom stereocenters. The van der Waals surface area contributed by atoms with E-state index in [0.717, 1.165) is 11.3 Å². The van der Waals surface area contributed by atoms with Crippen molar-refractivity contribution in [2.75, 3.05) is 26.5 Å². The predicted octanol–water partition coefficient (Wildman–Crippen LogP) is 2.42. The second-order valence-electron chi connectivity index (χ2n) is 6.73. The van der Waals surface area contributed by atoms with E-state index in [1.54, 1.807) is 35.6 Å². The van der Waals surface area contributed by atoms with E-state index >= 15 is 0 Å². The van der Waals surface area contributed by atoms with Gasteiger partial charge in [0.15, 0.2) is 6.04 Å². The van der Waals surface area contributed by atoms with Crippen molar-refractivity contribution in [2.45, 2.75) is 17.9 Å². The largest absolute Gasteiger partial charge is 0.387 e. The standard InChI is InChI=1S/C19H23NO3S2/c1-15-9-11-18(12-10-15)25(21,22)23-13-17-14-24-19(20(17,2)3)16-7-5-4-6-8-16/h4-12,17H,13-14H2,1-3H3/q+2. The van der Waals surface area contributed by atoms with Gasteiger partial charge in [-0.2, -0.15) is 8.42 Å². The van der Waals surface area contributed by atoms with Crippen LogP contribution in [-0.2, 0) is 25.7 Å². The van der Waals surface area contributed by atoms with Gasteiger partial charge in [0, 0.05) is 0 Å². The SMILES string of the molecule is Cc1ccc(S(=O)(=O)OCC2C[S+]=C(c3ccccc3)[N+]2(C)C)cc1. The fourth-order valence-corrected chi connectivity index (χ4v) is 5.41. The highest BCUT2D eigenvalue weighted by atomic mass is 32.2. The topological polar surface area (TPSA) is 43.4 Å². The first-order chi connectivity index (χ1) is 11.8. The number of nitrogens with zero attached hydrogens (tertiary/aromatic N) is 1. The molecule has 2 aromatic rings. The second-order valence-corrected chi connectivity index (χ2v) is 9.35. The van der Waals surface area contributed by atoms with E-state index in [1.807, 2.05) is 25.1 Å². The Morgan fingerprint density at radius 3 is 2.36 bits per heavy atom. The average Bonchev–Trinajstić information content (AvgIpc) is 2.88. The van der Waals surface area contributed by atoms with Crippen LogP contribution in [0.5, 0.6) is 0 Å². The highest BCUT2D eigenvalue weighted by molar-refractivity contribution is 7.86. The predicted molar refractivity (Wildman–Crippen MR) is 103 cm³/mol. The van der Waals surface area contributed by atoms with E-state index in [1.165, 1.54) is 10.6 Å². The van der Waals surface area contributed by atoms with Gasteiger partial charge in [-0.25, -0.2) is 4.48 Å². The smallest absolute Gasteiger partial charge is 0.260 e. The first-order valence-electron chi connectivity index (χ1n) is 8.16. The molecule has 1 aliphatic heterocycles. The summed E-state index contributed by atoms with van der Waals surface area (Å²) < 4.78 is 30.9. The van der Waals surface area contributed by atoms with Gasteiger partial charge in [0.05, 0.1) is 24.6 Å². The summed E-state index contributed by atoms with van der Waals surface area (Å²) in [7, 11) is 0.487. The number of rotatable bonds is 5. The van der Waals surface area contributed by atoms with Gasteiger partial charge in [-0.05, 0) is 31.2 Å². The molecule has 0 spiro atoms. The molecule has 4 nitrogen and oxygen atoms in total. The number of quaternary nitrogens is 1. The summed E-state index contributed by atoms with van der Waals surface area (Å²) in [6.45, 7) is 2.10. The zero-order valence-corrected chi connectivity index (χ0v) is 16.3. The normalized spacial score (nSPS) is 19.6. The van der Waals surface area contributed by atoms with Crippen LogP contribution in [0, 0.1) is 6.92 Å². The number of benzene rings is 2. The molecule has 0 N–H and O–H groups in total. The first-order valence-corrected chi connectivity index (χ1v) is 10.6. The molecule has 2 aromatic carbocycles. The molecular weight excluding hydrogens is 354 g/mol. The molecular formula is C19H23NO3S2+2. The van der Waals surface area contributed by atoms with Crippen LogP contribution in [0.25, 0.3) is 0 Å². The minimum Gasteiger partial charge on any atom is -0.260 e. The lowest BCUT2D eigenvalue weighted by Crippen LogP contribution is -2.52. The molecule has 0 radical (unpaired) electrons. The zero-order chi connectivity index (χ0) is 18.1. The van der Waals surface area contributed by atoms with Crippen molar-refractivity contribution in [2.24, 2.45) is 0 Å². The molecule has 1 heterocycles. The second kappa shape index (κ2) is 6.96. The summed E-state index contributed by atoms with van der Waals surface area (Å²) in [5, 5.41) is 0. The van der Waals surface area contributed by atoms with Crippen LogP contribution >= 0.6 is 0 Å². The summed E-state index contributed by atoms with van der Waals surface area (Å²) >= 11 is 1.77. The van der Waals surface area contributed by atoms with Gasteiger partial charge in [0.2, 0.25) is 5.75 Å². The van der Waals surface area contributed by atoms with Crippen LogP contribution < -0.4 is 0 Å². The molecule has 1 unspecified atom stereocenters. The molecule has 1 aliphatic rings. The quantitative estimate of drug-likeness (QED) is 0.348. The van der Waals surface area contributed by atoms with Crippen molar-refractivity contribution < 1.29 is 17.1 Å². The van der Waals surface area contributed by atoms with Crippen LogP contribution in [0.4, 0.5) is 0 Å². The van der Waals surface area contributed by atoms with Gasteiger partial charge in [0.1, 0.15) is 6.61 Å². The minimum atomic E-state index is -3.73. The Balaban J connectivity index is 1.71. The molecule has 0 fully saturated rings. The Bertz CT molecular complexity index is 873. The third-order valence-corrected chi connectivity index (χ3v) is 7.42. The fraction of sp³-hybridized carbons (Fsp3) is 0.316. The third-order valence-electron chi connectivity index (χ3n) is 4.59. The monoisotopic (exact) mass is 377 g/mol. The molecule has 0 bridgehead atoms. The Morgan fingerprint density at radius 1 is 1.08 bits per heavy atom. The van der Waals surface area contributed by atoms with Crippen molar-refractivity contribution in [3.8, 4) is 0 Å². The molecule has 3 rings (SSSR count). The summed E-state index contributed by atoms with van der Waals surface area (Å²) in [4.78, 5) is 1.45. The van der Waals surface area contributed by atoms with Crippen LogP contribution in [0.15, 0.2) is 59.5 Å². The highest BCUT2D eigenvalue weighted by Gasteiger charge is 2.49. The number of aryl methyl sites for hydroxylation is 1. The average molecular weight is 378 g/mol. The summed E-state index contributed by atoms with van der Waals surface area (Å²) in [6, 6.07) is 17.1. The van der Waals surface area contributed by atoms with Gasteiger partial charge in [-0.1, -0.05) is 35.9 Å². The fourth-order valence-electron chi connectivity index (χ4n) is 2.87. The molecule has 0 amide bonds. The summed E-state index contributed by atoms with van der Waals surface area (Å²) in [5.41, 5.74) is 2.20. The van der Waals surface area contributed by atoms with E-state index in [4.69, 9.17) is 4.18 Å². The Morgan fingerprint density at radius 2 is 1.72 bits per heavy atom. The van der Waals surface area contributed by atoms with E-state index in [2.05, 4.69) is 26.2 Å². The van der Waals surface area contributed by atoms with E-state index in [9.17, 15) is 8.42 Å². The third kappa shape index (κ3) is 3.82. The molecule has 0 aromatic heterocycles. The van der Waals surface area contributed by atoms with Gasteiger partial charge in [-0.3, -0.25) is 4.18 Å². The van der Waals surface area contributed by atoms with Crippen molar-refractivity contribution in [1.82, 2.24) is 0 Å². The van der Waals surface area contributed by atoms with Crippen LogP contribution in [-0.4, -0.2) is 50.4 Å². The van der Waals surface area contributed by atoms with Crippen LogP contribution in [0.3, 0.4) is 0 Å². The summed E-state index contributed by atoms with van der Waals surface area (Å²) in [6.07, 6.45) is 0. The molecule has 132 valence electrons. The van der Waals surface area contributed by atoms with Crippen molar-refractivity contribution in [1.29, 1.82) is 0 Å². The van der Waals surface area contributed by atoms with Gasteiger partial charge < -0.3 is 0 Å². The lowest BCUT2D eigenvalue weighted by Gasteiger charge is -2.27. The molecule has 6 heteroatoms. The molecule has 0 saturated heterocycles. The minimum absolute atomic E-state index is 0.0837. The summed E-state index contributed by atoms with van der Waals surface area (Å²) in [5.74, 6) is 0.834. The zero-order valence-electron chi connectivity index (χ0n) is 14.7. The van der Waals surface area contributed by atoms with Crippen LogP contribution in [0.2, 0.25) is 0 Å². The van der Waals surface area contributed by atoms with E-state index in [0.29, 0.717) is 4.48 Å². The van der Waals surface area contributed by atoms with Crippen LogP contribution in [0.1, 0.15) is 11.1 Å². The molecule has 0 aliphatic carbocycles. The number of hydrogen-bond acceptors (Lipinski definition) is 3. The lowest BCUT2D eigenvalue weighted by molar-refractivity contribution is -0.819. The van der Waals surface area contributed by atoms with Gasteiger partial charge in [0.25, 0.3) is 21.5 Å². The first kappa shape index (κ1) is 18.2. The maximum Gasteiger partial charge on any atom is 0.387 e. The maximum atomic E-state index is 12.4. The Hall–Kier alpha value is -1.60. The Labute approximate surface area is 153 Å². The van der Waals surface area contributed by atoms with E-state index < -0.39 is 10.1 Å². The van der Waals surface area contributed by atoms with Crippen molar-refractivity contribution in [3.63, 3.8) is 0 Å². The van der Waals surface area contributed by atoms with Crippen molar-refractivity contribution >= 4 is 26.5 Å². The van der Waals surface area contributed by atoms with Gasteiger partial charge >= 0.3 is 4.99 Å².